The first kappa shape index (κ1) is 23.8. The molecule has 0 amide bonds. The van der Waals surface area contributed by atoms with Crippen molar-refractivity contribution in [1.82, 2.24) is 5.32 Å². The minimum atomic E-state index is -0.212. The van der Waals surface area contributed by atoms with Gasteiger partial charge in [0.1, 0.15) is 17.3 Å². The van der Waals surface area contributed by atoms with Gasteiger partial charge in [0, 0.05) is 12.5 Å². The van der Waals surface area contributed by atoms with Crippen LogP contribution in [0.4, 0.5) is 4.39 Å². The smallest absolute Gasteiger partial charge is 0.123 e. The maximum Gasteiger partial charge on any atom is 0.123 e. The second kappa shape index (κ2) is 11.7. The highest BCUT2D eigenvalue weighted by molar-refractivity contribution is 5.36. The summed E-state index contributed by atoms with van der Waals surface area (Å²) in [6.45, 7) is 9.73. The van der Waals surface area contributed by atoms with E-state index in [4.69, 9.17) is 9.47 Å². The normalized spacial score (nSPS) is 12.2. The molecule has 0 fully saturated rings. The van der Waals surface area contributed by atoms with Crippen LogP contribution in [0.25, 0.3) is 0 Å². The molecule has 3 aromatic rings. The average Bonchev–Trinajstić information content (AvgIpc) is 2.76. The van der Waals surface area contributed by atoms with Gasteiger partial charge in [-0.3, -0.25) is 0 Å². The van der Waals surface area contributed by atoms with Crippen molar-refractivity contribution in [1.29, 1.82) is 0 Å². The topological polar surface area (TPSA) is 30.5 Å². The number of hydrogen-bond acceptors (Lipinski definition) is 3. The molecule has 4 heteroatoms. The van der Waals surface area contributed by atoms with Crippen LogP contribution >= 0.6 is 0 Å². The lowest BCUT2D eigenvalue weighted by molar-refractivity contribution is 0.242. The van der Waals surface area contributed by atoms with Crippen LogP contribution in [-0.2, 0) is 6.54 Å². The van der Waals surface area contributed by atoms with E-state index >= 15 is 0 Å². The van der Waals surface area contributed by atoms with Crippen LogP contribution in [-0.4, -0.2) is 18.8 Å². The second-order valence-corrected chi connectivity index (χ2v) is 8.62. The molecule has 0 aromatic heterocycles. The standard InChI is InChI=1S/C28H34FNO2/c1-20(2)31-26-13-5-22(6-14-26)19-30-18-17-28(23-7-11-25(29)12-8-23)24-9-15-27(16-10-24)32-21(3)4/h5-16,20-21,28,30H,17-19H2,1-4H3/t28-/m1/s1. The van der Waals surface area contributed by atoms with Gasteiger partial charge < -0.3 is 14.8 Å². The largest absolute Gasteiger partial charge is 0.491 e. The van der Waals surface area contributed by atoms with Crippen LogP contribution < -0.4 is 14.8 Å². The molecule has 0 heterocycles. The Kier molecular flexibility index (Phi) is 8.69. The maximum absolute atomic E-state index is 13.5. The predicted octanol–water partition coefficient (Wildman–Crippen LogP) is 6.71. The van der Waals surface area contributed by atoms with Crippen molar-refractivity contribution in [2.75, 3.05) is 6.54 Å². The molecule has 0 radical (unpaired) electrons. The third-order valence-electron chi connectivity index (χ3n) is 5.16. The van der Waals surface area contributed by atoms with Gasteiger partial charge in [0.2, 0.25) is 0 Å². The zero-order valence-electron chi connectivity index (χ0n) is 19.5. The van der Waals surface area contributed by atoms with Gasteiger partial charge in [0.15, 0.2) is 0 Å². The lowest BCUT2D eigenvalue weighted by Gasteiger charge is -2.19. The van der Waals surface area contributed by atoms with Crippen molar-refractivity contribution >= 4 is 0 Å². The van der Waals surface area contributed by atoms with Crippen LogP contribution in [0.15, 0.2) is 72.8 Å². The van der Waals surface area contributed by atoms with E-state index in [0.29, 0.717) is 0 Å². The molecule has 0 bridgehead atoms. The Morgan fingerprint density at radius 2 is 1.16 bits per heavy atom. The Balaban J connectivity index is 1.62. The first-order valence-corrected chi connectivity index (χ1v) is 11.4. The summed E-state index contributed by atoms with van der Waals surface area (Å²) in [6, 6.07) is 23.3. The van der Waals surface area contributed by atoms with E-state index in [0.717, 1.165) is 36.6 Å². The molecule has 0 unspecified atom stereocenters. The lowest BCUT2D eigenvalue weighted by Crippen LogP contribution is -2.18. The minimum Gasteiger partial charge on any atom is -0.491 e. The van der Waals surface area contributed by atoms with Gasteiger partial charge in [-0.1, -0.05) is 36.4 Å². The Morgan fingerprint density at radius 1 is 0.688 bits per heavy atom. The fourth-order valence-corrected chi connectivity index (χ4v) is 3.71. The summed E-state index contributed by atoms with van der Waals surface area (Å²) < 4.78 is 25.0. The van der Waals surface area contributed by atoms with Gasteiger partial charge in [0.05, 0.1) is 12.2 Å². The Morgan fingerprint density at radius 3 is 1.66 bits per heavy atom. The number of benzene rings is 3. The van der Waals surface area contributed by atoms with Gasteiger partial charge in [-0.25, -0.2) is 4.39 Å². The monoisotopic (exact) mass is 435 g/mol. The predicted molar refractivity (Wildman–Crippen MR) is 129 cm³/mol. The number of nitrogens with one attached hydrogen (secondary N) is 1. The Labute approximate surface area is 191 Å². The zero-order valence-corrected chi connectivity index (χ0v) is 19.5. The molecule has 0 aliphatic rings. The van der Waals surface area contributed by atoms with Crippen molar-refractivity contribution in [2.45, 2.75) is 58.8 Å². The van der Waals surface area contributed by atoms with E-state index in [1.54, 1.807) is 0 Å². The molecule has 32 heavy (non-hydrogen) atoms. The minimum absolute atomic E-state index is 0.143. The second-order valence-electron chi connectivity index (χ2n) is 8.62. The summed E-state index contributed by atoms with van der Waals surface area (Å²) in [6.07, 6.45) is 1.22. The molecule has 0 spiro atoms. The van der Waals surface area contributed by atoms with E-state index in [-0.39, 0.29) is 23.9 Å². The highest BCUT2D eigenvalue weighted by Crippen LogP contribution is 2.29. The fraction of sp³-hybridized carbons (Fsp3) is 0.357. The first-order chi connectivity index (χ1) is 15.4. The van der Waals surface area contributed by atoms with Crippen molar-refractivity contribution < 1.29 is 13.9 Å². The first-order valence-electron chi connectivity index (χ1n) is 11.4. The van der Waals surface area contributed by atoms with Gasteiger partial charge in [-0.15, -0.1) is 0 Å². The van der Waals surface area contributed by atoms with Crippen LogP contribution in [0, 0.1) is 5.82 Å². The molecule has 0 aliphatic carbocycles. The molecule has 1 atom stereocenters. The SMILES string of the molecule is CC(C)Oc1ccc(CNCC[C@H](c2ccc(F)cc2)c2ccc(OC(C)C)cc2)cc1. The van der Waals surface area contributed by atoms with Crippen molar-refractivity contribution in [3.05, 3.63) is 95.3 Å². The summed E-state index contributed by atoms with van der Waals surface area (Å²) in [5.74, 6) is 1.73. The summed E-state index contributed by atoms with van der Waals surface area (Å²) in [5, 5.41) is 3.54. The molecule has 0 aliphatic heterocycles. The average molecular weight is 436 g/mol. The van der Waals surface area contributed by atoms with Crippen LogP contribution in [0.3, 0.4) is 0 Å². The molecule has 0 saturated carbocycles. The summed E-state index contributed by atoms with van der Waals surface area (Å²) >= 11 is 0. The van der Waals surface area contributed by atoms with Crippen LogP contribution in [0.2, 0.25) is 0 Å². The van der Waals surface area contributed by atoms with Gasteiger partial charge in [-0.05, 0) is 93.7 Å². The Bertz CT molecular complexity index is 935. The van der Waals surface area contributed by atoms with E-state index in [2.05, 4.69) is 29.6 Å². The quantitative estimate of drug-likeness (QED) is 0.340. The molecule has 170 valence electrons. The van der Waals surface area contributed by atoms with E-state index in [9.17, 15) is 4.39 Å². The van der Waals surface area contributed by atoms with Crippen molar-refractivity contribution in [3.63, 3.8) is 0 Å². The molecular formula is C28H34FNO2. The van der Waals surface area contributed by atoms with Crippen molar-refractivity contribution in [2.24, 2.45) is 0 Å². The van der Waals surface area contributed by atoms with Crippen LogP contribution in [0.5, 0.6) is 11.5 Å². The molecule has 1 N–H and O–H groups in total. The van der Waals surface area contributed by atoms with Gasteiger partial charge >= 0.3 is 0 Å². The zero-order chi connectivity index (χ0) is 22.9. The maximum atomic E-state index is 13.5. The lowest BCUT2D eigenvalue weighted by atomic mass is 9.88. The number of ether oxygens (including phenoxy) is 2. The number of rotatable bonds is 11. The Hall–Kier alpha value is -2.85. The highest BCUT2D eigenvalue weighted by Gasteiger charge is 2.15. The summed E-state index contributed by atoms with van der Waals surface area (Å²) in [4.78, 5) is 0. The molecule has 3 rings (SSSR count). The van der Waals surface area contributed by atoms with E-state index in [1.165, 1.54) is 23.3 Å². The third kappa shape index (κ3) is 7.38. The van der Waals surface area contributed by atoms with Gasteiger partial charge in [0.25, 0.3) is 0 Å². The fourth-order valence-electron chi connectivity index (χ4n) is 3.71. The van der Waals surface area contributed by atoms with E-state index in [1.807, 2.05) is 64.1 Å². The number of hydrogen-bond donors (Lipinski definition) is 1. The van der Waals surface area contributed by atoms with Crippen LogP contribution in [0.1, 0.15) is 56.7 Å². The number of halogens is 1. The van der Waals surface area contributed by atoms with Gasteiger partial charge in [-0.2, -0.15) is 0 Å². The van der Waals surface area contributed by atoms with Crippen molar-refractivity contribution in [3.8, 4) is 11.5 Å². The molecular weight excluding hydrogens is 401 g/mol. The highest BCUT2D eigenvalue weighted by atomic mass is 19.1. The third-order valence-corrected chi connectivity index (χ3v) is 5.16. The summed E-state index contributed by atoms with van der Waals surface area (Å²) in [7, 11) is 0. The molecule has 3 nitrogen and oxygen atoms in total. The van der Waals surface area contributed by atoms with E-state index < -0.39 is 0 Å². The summed E-state index contributed by atoms with van der Waals surface area (Å²) in [5.41, 5.74) is 3.53. The molecule has 0 saturated heterocycles. The molecule has 3 aromatic carbocycles.